The molecule has 0 saturated carbocycles. The van der Waals surface area contributed by atoms with E-state index in [0.29, 0.717) is 0 Å². The van der Waals surface area contributed by atoms with Crippen LogP contribution in [0.5, 0.6) is 0 Å². The van der Waals surface area contributed by atoms with Crippen molar-refractivity contribution < 1.29 is 4.42 Å². The first kappa shape index (κ1) is 44.5. The third-order valence-electron chi connectivity index (χ3n) is 17.5. The molecule has 78 heavy (non-hydrogen) atoms. The van der Waals surface area contributed by atoms with Gasteiger partial charge in [-0.1, -0.05) is 244 Å². The Labute approximate surface area is 454 Å². The number of nitrogens with zero attached hydrogens (tertiary/aromatic N) is 1. The van der Waals surface area contributed by atoms with Crippen LogP contribution in [0.15, 0.2) is 277 Å². The molecule has 1 heterocycles. The Morgan fingerprint density at radius 3 is 1.50 bits per heavy atom. The second kappa shape index (κ2) is 16.9. The van der Waals surface area contributed by atoms with E-state index in [2.05, 4.69) is 286 Å². The van der Waals surface area contributed by atoms with Gasteiger partial charge in [0.25, 0.3) is 0 Å². The van der Waals surface area contributed by atoms with Crippen LogP contribution in [-0.2, 0) is 10.8 Å². The van der Waals surface area contributed by atoms with Gasteiger partial charge in [0.2, 0.25) is 0 Å². The lowest BCUT2D eigenvalue weighted by atomic mass is 9.66. The maximum atomic E-state index is 6.66. The summed E-state index contributed by atoms with van der Waals surface area (Å²) in [6, 6.07) is 102. The van der Waals surface area contributed by atoms with Gasteiger partial charge in [0.15, 0.2) is 0 Å². The van der Waals surface area contributed by atoms with E-state index in [4.69, 9.17) is 4.42 Å². The monoisotopic (exact) mass is 993 g/mol. The van der Waals surface area contributed by atoms with Crippen molar-refractivity contribution in [3.8, 4) is 77.9 Å². The summed E-state index contributed by atoms with van der Waals surface area (Å²) in [4.78, 5) is 2.48. The minimum atomic E-state index is -0.554. The minimum Gasteiger partial charge on any atom is -0.455 e. The fraction of sp³-hybridized carbons (Fsp3) is 0.0526. The molecule has 0 fully saturated rings. The zero-order valence-electron chi connectivity index (χ0n) is 43.3. The first-order valence-electron chi connectivity index (χ1n) is 27.2. The van der Waals surface area contributed by atoms with Crippen molar-refractivity contribution in [3.05, 3.63) is 306 Å². The van der Waals surface area contributed by atoms with Gasteiger partial charge in [-0.3, -0.25) is 0 Å². The molecule has 0 atom stereocenters. The molecule has 13 aromatic rings. The number of benzene rings is 12. The maximum Gasteiger partial charge on any atom is 0.143 e. The van der Waals surface area contributed by atoms with Crippen molar-refractivity contribution in [2.45, 2.75) is 24.7 Å². The first-order valence-corrected chi connectivity index (χ1v) is 27.2. The van der Waals surface area contributed by atoms with Gasteiger partial charge in [-0.2, -0.15) is 0 Å². The molecule has 1 aromatic heterocycles. The zero-order chi connectivity index (χ0) is 51.7. The molecule has 1 spiro atoms. The van der Waals surface area contributed by atoms with E-state index in [1.165, 1.54) is 89.0 Å². The number of hydrogen-bond donors (Lipinski definition) is 0. The van der Waals surface area contributed by atoms with Crippen LogP contribution in [0.25, 0.3) is 99.8 Å². The summed E-state index contributed by atoms with van der Waals surface area (Å²) >= 11 is 0. The highest BCUT2D eigenvalue weighted by molar-refractivity contribution is 6.10. The van der Waals surface area contributed by atoms with Gasteiger partial charge in [-0.05, 0) is 143 Å². The van der Waals surface area contributed by atoms with E-state index in [0.717, 1.165) is 61.3 Å². The Morgan fingerprint density at radius 2 is 0.782 bits per heavy atom. The summed E-state index contributed by atoms with van der Waals surface area (Å²) in [5.74, 6) is 0. The second-order valence-electron chi connectivity index (χ2n) is 21.8. The van der Waals surface area contributed by atoms with Crippen LogP contribution in [-0.4, -0.2) is 0 Å². The topological polar surface area (TPSA) is 16.4 Å². The average molecular weight is 994 g/mol. The normalized spacial score (nSPS) is 13.7. The molecule has 2 heteroatoms. The van der Waals surface area contributed by atoms with Crippen molar-refractivity contribution in [3.63, 3.8) is 0 Å². The molecule has 3 aliphatic rings. The van der Waals surface area contributed by atoms with E-state index in [-0.39, 0.29) is 5.41 Å². The summed E-state index contributed by atoms with van der Waals surface area (Å²) < 4.78 is 6.66. The van der Waals surface area contributed by atoms with Gasteiger partial charge in [0, 0.05) is 38.7 Å². The Morgan fingerprint density at radius 1 is 0.295 bits per heavy atom. The van der Waals surface area contributed by atoms with E-state index < -0.39 is 5.41 Å². The summed E-state index contributed by atoms with van der Waals surface area (Å²) in [5.41, 5.74) is 29.4. The molecule has 0 amide bonds. The predicted molar refractivity (Wildman–Crippen MR) is 324 cm³/mol. The molecule has 366 valence electrons. The SMILES string of the molecule is CC1(C)c2ccccc2-c2ccc(N(c3ccc(-c4cccc5c4-c4ccccc4C54c5ccccc5-c5ccccc5-c5ccccc54)cc3)c3ccc(-c4cccc5c4oc4ccccc45)cc3-c3ccccc3)cc21. The largest absolute Gasteiger partial charge is 0.455 e. The molecule has 3 aliphatic carbocycles. The maximum absolute atomic E-state index is 6.66. The van der Waals surface area contributed by atoms with Crippen molar-refractivity contribution >= 4 is 39.0 Å². The van der Waals surface area contributed by atoms with Crippen LogP contribution >= 0.6 is 0 Å². The van der Waals surface area contributed by atoms with E-state index in [1.807, 2.05) is 6.07 Å². The Hall–Kier alpha value is -9.76. The lowest BCUT2D eigenvalue weighted by Crippen LogP contribution is -2.29. The quantitative estimate of drug-likeness (QED) is 0.165. The van der Waals surface area contributed by atoms with Crippen molar-refractivity contribution in [1.29, 1.82) is 0 Å². The molecule has 0 N–H and O–H groups in total. The Bertz CT molecular complexity index is 4530. The van der Waals surface area contributed by atoms with Gasteiger partial charge >= 0.3 is 0 Å². The zero-order valence-corrected chi connectivity index (χ0v) is 43.3. The van der Waals surface area contributed by atoms with Crippen LogP contribution in [0, 0.1) is 0 Å². The average Bonchev–Trinajstić information content (AvgIpc) is 4.07. The van der Waals surface area contributed by atoms with Gasteiger partial charge in [0.05, 0.1) is 11.1 Å². The first-order chi connectivity index (χ1) is 38.5. The number of anilines is 3. The fourth-order valence-corrected chi connectivity index (χ4v) is 14.1. The molecule has 2 nitrogen and oxygen atoms in total. The van der Waals surface area contributed by atoms with E-state index in [1.54, 1.807) is 0 Å². The van der Waals surface area contributed by atoms with Gasteiger partial charge in [-0.15, -0.1) is 0 Å². The molecular formula is C76H51NO. The third-order valence-corrected chi connectivity index (χ3v) is 17.5. The number of para-hydroxylation sites is 2. The van der Waals surface area contributed by atoms with Crippen LogP contribution in [0.3, 0.4) is 0 Å². The number of hydrogen-bond acceptors (Lipinski definition) is 2. The van der Waals surface area contributed by atoms with Gasteiger partial charge in [0.1, 0.15) is 11.2 Å². The van der Waals surface area contributed by atoms with Crippen LogP contribution < -0.4 is 4.90 Å². The lowest BCUT2D eigenvalue weighted by molar-refractivity contribution is 0.660. The fourth-order valence-electron chi connectivity index (χ4n) is 14.1. The summed E-state index contributed by atoms with van der Waals surface area (Å²) in [6.45, 7) is 4.74. The molecular weight excluding hydrogens is 943 g/mol. The smallest absolute Gasteiger partial charge is 0.143 e. The number of rotatable bonds is 6. The highest BCUT2D eigenvalue weighted by Crippen LogP contribution is 2.63. The highest BCUT2D eigenvalue weighted by atomic mass is 16.3. The Kier molecular flexibility index (Phi) is 9.63. The molecule has 0 unspecified atom stereocenters. The van der Waals surface area contributed by atoms with Crippen molar-refractivity contribution in [2.24, 2.45) is 0 Å². The van der Waals surface area contributed by atoms with Crippen molar-refractivity contribution in [2.75, 3.05) is 4.90 Å². The van der Waals surface area contributed by atoms with Gasteiger partial charge in [-0.25, -0.2) is 0 Å². The molecule has 0 aliphatic heterocycles. The molecule has 0 bridgehead atoms. The van der Waals surface area contributed by atoms with Crippen LogP contribution in [0.4, 0.5) is 17.1 Å². The molecule has 16 rings (SSSR count). The van der Waals surface area contributed by atoms with E-state index >= 15 is 0 Å². The van der Waals surface area contributed by atoms with Crippen molar-refractivity contribution in [1.82, 2.24) is 0 Å². The van der Waals surface area contributed by atoms with Gasteiger partial charge < -0.3 is 9.32 Å². The summed E-state index contributed by atoms with van der Waals surface area (Å²) in [6.07, 6.45) is 0. The lowest BCUT2D eigenvalue weighted by Gasteiger charge is -2.35. The van der Waals surface area contributed by atoms with E-state index in [9.17, 15) is 0 Å². The Balaban J connectivity index is 0.896. The number of furan rings is 1. The molecule has 0 saturated heterocycles. The van der Waals surface area contributed by atoms with Crippen LogP contribution in [0.2, 0.25) is 0 Å². The summed E-state index contributed by atoms with van der Waals surface area (Å²) in [7, 11) is 0. The summed E-state index contributed by atoms with van der Waals surface area (Å²) in [5, 5.41) is 2.25. The third kappa shape index (κ3) is 6.26. The predicted octanol–water partition coefficient (Wildman–Crippen LogP) is 20.4. The highest BCUT2D eigenvalue weighted by Gasteiger charge is 2.50. The van der Waals surface area contributed by atoms with Crippen LogP contribution in [0.1, 0.15) is 47.2 Å². The second-order valence-corrected chi connectivity index (χ2v) is 21.8. The molecule has 12 aromatic carbocycles. The molecule has 0 radical (unpaired) electrons. The standard InChI is InChI=1S/C76H51NO/c1-75(2)65-32-13-8-26-59(65)60-44-43-52(47-70(60)75)77(71-45-40-50(46-64(71)48-20-4-3-5-21-48)54-30-18-31-62-61-27-12-17-37-72(61)78-74(54)62)51-41-38-49(39-42-51)53-29-19-36-69-73(53)63-28-11-16-35-68(63)76(69)66-33-14-9-24-57(66)55-22-6-7-23-56(55)58-25-10-15-34-67(58)76/h3-47H,1-2H3. The minimum absolute atomic E-state index is 0.183. The number of fused-ring (bicyclic) bond motifs is 18.